The topological polar surface area (TPSA) is 38.1 Å². The average molecular weight is 229 g/mol. The summed E-state index contributed by atoms with van der Waals surface area (Å²) < 4.78 is 6.13. The van der Waals surface area contributed by atoms with Gasteiger partial charge in [0, 0.05) is 7.05 Å². The molecule has 0 saturated carbocycles. The van der Waals surface area contributed by atoms with Crippen LogP contribution in [0.4, 0.5) is 6.01 Å². The molecule has 0 saturated heterocycles. The molecule has 0 aliphatic heterocycles. The Bertz CT molecular complexity index is 449. The van der Waals surface area contributed by atoms with E-state index in [0.29, 0.717) is 6.01 Å². The van der Waals surface area contributed by atoms with Crippen LogP contribution in [0.25, 0.3) is 10.6 Å². The predicted molar refractivity (Wildman–Crippen MR) is 59.1 cm³/mol. The number of thiophene rings is 1. The number of hydrogen-bond acceptors (Lipinski definition) is 4. The largest absolute Gasteiger partial charge is 0.428 e. The molecule has 0 atom stereocenters. The number of hydrogen-bond donors (Lipinski definition) is 1. The van der Waals surface area contributed by atoms with E-state index in [2.05, 4.69) is 10.3 Å². The number of halogens is 1. The molecule has 0 amide bonds. The molecule has 1 N–H and O–H groups in total. The van der Waals surface area contributed by atoms with Gasteiger partial charge in [0.15, 0.2) is 0 Å². The third kappa shape index (κ3) is 1.63. The second-order valence-corrected chi connectivity index (χ2v) is 4.49. The van der Waals surface area contributed by atoms with Crippen LogP contribution in [0, 0.1) is 6.92 Å². The molecule has 0 fully saturated rings. The second-order valence-electron chi connectivity index (χ2n) is 2.78. The lowest BCUT2D eigenvalue weighted by molar-refractivity contribution is 0.544. The molecule has 0 aliphatic rings. The summed E-state index contributed by atoms with van der Waals surface area (Å²) in [6, 6.07) is 4.33. The van der Waals surface area contributed by atoms with E-state index in [1.54, 1.807) is 7.05 Å². The Morgan fingerprint density at radius 2 is 2.29 bits per heavy atom. The first kappa shape index (κ1) is 9.55. The minimum absolute atomic E-state index is 0.530. The summed E-state index contributed by atoms with van der Waals surface area (Å²) in [7, 11) is 1.77. The van der Waals surface area contributed by atoms with Gasteiger partial charge in [-0.3, -0.25) is 0 Å². The molecular weight excluding hydrogens is 220 g/mol. The highest BCUT2D eigenvalue weighted by Gasteiger charge is 2.12. The van der Waals surface area contributed by atoms with Crippen LogP contribution in [0.3, 0.4) is 0 Å². The van der Waals surface area contributed by atoms with E-state index in [4.69, 9.17) is 16.0 Å². The van der Waals surface area contributed by atoms with Crippen LogP contribution in [0.1, 0.15) is 5.76 Å². The SMILES string of the molecule is CNc1nc(-c2ccc(Cl)s2)c(C)o1. The third-order valence-corrected chi connectivity index (χ3v) is 3.05. The number of nitrogens with one attached hydrogen (secondary N) is 1. The molecule has 0 aliphatic carbocycles. The fraction of sp³-hybridized carbons (Fsp3) is 0.222. The van der Waals surface area contributed by atoms with Crippen LogP contribution in [0.2, 0.25) is 4.34 Å². The zero-order valence-corrected chi connectivity index (χ0v) is 9.37. The van der Waals surface area contributed by atoms with Crippen molar-refractivity contribution in [3.05, 3.63) is 22.2 Å². The first-order chi connectivity index (χ1) is 6.70. The van der Waals surface area contributed by atoms with Crippen molar-refractivity contribution in [2.45, 2.75) is 6.92 Å². The van der Waals surface area contributed by atoms with Crippen molar-refractivity contribution < 1.29 is 4.42 Å². The first-order valence-electron chi connectivity index (χ1n) is 4.11. The van der Waals surface area contributed by atoms with E-state index in [1.807, 2.05) is 19.1 Å². The van der Waals surface area contributed by atoms with Crippen LogP contribution in [-0.2, 0) is 0 Å². The van der Waals surface area contributed by atoms with Crippen molar-refractivity contribution >= 4 is 29.0 Å². The minimum atomic E-state index is 0.530. The molecule has 2 rings (SSSR count). The molecule has 3 nitrogen and oxygen atoms in total. The summed E-state index contributed by atoms with van der Waals surface area (Å²) in [6.45, 7) is 1.89. The Morgan fingerprint density at radius 3 is 2.79 bits per heavy atom. The van der Waals surface area contributed by atoms with Gasteiger partial charge < -0.3 is 9.73 Å². The quantitative estimate of drug-likeness (QED) is 0.856. The zero-order chi connectivity index (χ0) is 10.1. The normalized spacial score (nSPS) is 10.5. The Morgan fingerprint density at radius 1 is 1.50 bits per heavy atom. The lowest BCUT2D eigenvalue weighted by Crippen LogP contribution is -1.86. The summed E-state index contributed by atoms with van der Waals surface area (Å²) >= 11 is 7.34. The minimum Gasteiger partial charge on any atom is -0.428 e. The third-order valence-electron chi connectivity index (χ3n) is 1.82. The summed E-state index contributed by atoms with van der Waals surface area (Å²) in [4.78, 5) is 5.31. The number of rotatable bonds is 2. The average Bonchev–Trinajstić information content (AvgIpc) is 2.71. The summed E-state index contributed by atoms with van der Waals surface area (Å²) in [6.07, 6.45) is 0. The summed E-state index contributed by atoms with van der Waals surface area (Å²) in [5.74, 6) is 0.799. The molecule has 0 radical (unpaired) electrons. The van der Waals surface area contributed by atoms with Crippen molar-refractivity contribution in [3.63, 3.8) is 0 Å². The van der Waals surface area contributed by atoms with Gasteiger partial charge in [0.05, 0.1) is 9.21 Å². The zero-order valence-electron chi connectivity index (χ0n) is 7.80. The van der Waals surface area contributed by atoms with Gasteiger partial charge in [0.2, 0.25) is 0 Å². The molecule has 0 aromatic carbocycles. The molecular formula is C9H9ClN2OS. The molecule has 0 bridgehead atoms. The Balaban J connectivity index is 2.45. The number of aromatic nitrogens is 1. The van der Waals surface area contributed by atoms with Gasteiger partial charge in [0.25, 0.3) is 6.01 Å². The summed E-state index contributed by atoms with van der Waals surface area (Å²) in [5, 5.41) is 2.86. The summed E-state index contributed by atoms with van der Waals surface area (Å²) in [5.41, 5.74) is 0.853. The van der Waals surface area contributed by atoms with Gasteiger partial charge in [-0.15, -0.1) is 11.3 Å². The highest BCUT2D eigenvalue weighted by Crippen LogP contribution is 2.33. The molecule has 2 aromatic rings. The first-order valence-corrected chi connectivity index (χ1v) is 5.31. The van der Waals surface area contributed by atoms with Gasteiger partial charge in [-0.05, 0) is 19.1 Å². The van der Waals surface area contributed by atoms with Gasteiger partial charge in [-0.1, -0.05) is 11.6 Å². The van der Waals surface area contributed by atoms with Crippen molar-refractivity contribution in [1.29, 1.82) is 0 Å². The molecule has 74 valence electrons. The number of anilines is 1. The molecule has 0 spiro atoms. The van der Waals surface area contributed by atoms with Crippen molar-refractivity contribution in [2.75, 3.05) is 12.4 Å². The fourth-order valence-corrected chi connectivity index (χ4v) is 2.25. The van der Waals surface area contributed by atoms with Gasteiger partial charge in [-0.25, -0.2) is 0 Å². The van der Waals surface area contributed by atoms with Crippen LogP contribution >= 0.6 is 22.9 Å². The van der Waals surface area contributed by atoms with E-state index >= 15 is 0 Å². The number of oxazole rings is 1. The van der Waals surface area contributed by atoms with Crippen LogP contribution in [0.15, 0.2) is 16.5 Å². The van der Waals surface area contributed by atoms with E-state index in [1.165, 1.54) is 11.3 Å². The standard InChI is InChI=1S/C9H9ClN2OS/c1-5-8(12-9(11-2)13-5)6-3-4-7(10)14-6/h3-4H,1-2H3,(H,11,12). The van der Waals surface area contributed by atoms with E-state index in [0.717, 1.165) is 20.7 Å². The maximum Gasteiger partial charge on any atom is 0.295 e. The van der Waals surface area contributed by atoms with Gasteiger partial charge in [-0.2, -0.15) is 4.98 Å². The second kappa shape index (κ2) is 3.63. The Labute approximate surface area is 90.7 Å². The lowest BCUT2D eigenvalue weighted by atomic mass is 10.3. The van der Waals surface area contributed by atoms with Crippen LogP contribution < -0.4 is 5.32 Å². The smallest absolute Gasteiger partial charge is 0.295 e. The van der Waals surface area contributed by atoms with Crippen LogP contribution in [0.5, 0.6) is 0 Å². The maximum atomic E-state index is 5.85. The van der Waals surface area contributed by atoms with E-state index in [9.17, 15) is 0 Å². The van der Waals surface area contributed by atoms with Crippen molar-refractivity contribution in [2.24, 2.45) is 0 Å². The van der Waals surface area contributed by atoms with Crippen molar-refractivity contribution in [1.82, 2.24) is 4.98 Å². The monoisotopic (exact) mass is 228 g/mol. The Kier molecular flexibility index (Phi) is 2.48. The molecule has 14 heavy (non-hydrogen) atoms. The number of aryl methyl sites for hydroxylation is 1. The fourth-order valence-electron chi connectivity index (χ4n) is 1.17. The maximum absolute atomic E-state index is 5.85. The van der Waals surface area contributed by atoms with E-state index < -0.39 is 0 Å². The van der Waals surface area contributed by atoms with Gasteiger partial charge in [0.1, 0.15) is 11.5 Å². The Hall–Kier alpha value is -1.00. The van der Waals surface area contributed by atoms with Gasteiger partial charge >= 0.3 is 0 Å². The molecule has 5 heteroatoms. The highest BCUT2D eigenvalue weighted by molar-refractivity contribution is 7.19. The molecule has 2 aromatic heterocycles. The van der Waals surface area contributed by atoms with E-state index in [-0.39, 0.29) is 0 Å². The highest BCUT2D eigenvalue weighted by atomic mass is 35.5. The number of nitrogens with zero attached hydrogens (tertiary/aromatic N) is 1. The predicted octanol–water partition coefficient (Wildman–Crippen LogP) is 3.41. The molecule has 2 heterocycles. The van der Waals surface area contributed by atoms with Crippen LogP contribution in [-0.4, -0.2) is 12.0 Å². The molecule has 0 unspecified atom stereocenters. The van der Waals surface area contributed by atoms with Crippen molar-refractivity contribution in [3.8, 4) is 10.6 Å². The lowest BCUT2D eigenvalue weighted by Gasteiger charge is -1.88.